The number of nitrogens with one attached hydrogen (secondary N) is 1. The van der Waals surface area contributed by atoms with E-state index >= 15 is 0 Å². The number of fused-ring (bicyclic) bond motifs is 2. The minimum absolute atomic E-state index is 0.156. The molecule has 1 N–H and O–H groups in total. The molecule has 4 rings (SSSR count). The van der Waals surface area contributed by atoms with Gasteiger partial charge in [0.25, 0.3) is 5.91 Å². The fraction of sp³-hybridized carbons (Fsp3) is 0.391. The minimum Gasteiger partial charge on any atom is -0.491 e. The maximum absolute atomic E-state index is 13.4. The number of aryl methyl sites for hydroxylation is 3. The molecule has 146 valence electrons. The van der Waals surface area contributed by atoms with Gasteiger partial charge in [0.15, 0.2) is 0 Å². The lowest BCUT2D eigenvalue weighted by molar-refractivity contribution is -0.132. The number of urea groups is 1. The third kappa shape index (κ3) is 3.15. The maximum atomic E-state index is 13.4. The summed E-state index contributed by atoms with van der Waals surface area (Å²) in [6.45, 7) is 4.51. The van der Waals surface area contributed by atoms with Gasteiger partial charge in [-0.15, -0.1) is 0 Å². The third-order valence-electron chi connectivity index (χ3n) is 5.82. The van der Waals surface area contributed by atoms with Gasteiger partial charge in [0.1, 0.15) is 17.9 Å². The predicted octanol–water partition coefficient (Wildman–Crippen LogP) is 3.86. The second-order valence-corrected chi connectivity index (χ2v) is 7.77. The van der Waals surface area contributed by atoms with Gasteiger partial charge in [0.05, 0.1) is 6.54 Å². The third-order valence-corrected chi connectivity index (χ3v) is 5.82. The predicted molar refractivity (Wildman–Crippen MR) is 107 cm³/mol. The average molecular weight is 378 g/mol. The summed E-state index contributed by atoms with van der Waals surface area (Å²) in [5, 5.41) is 3.02. The number of carbonyl (C=O) groups excluding carboxylic acids is 2. The van der Waals surface area contributed by atoms with E-state index in [0.29, 0.717) is 6.42 Å². The molecule has 28 heavy (non-hydrogen) atoms. The van der Waals surface area contributed by atoms with Crippen LogP contribution in [0.25, 0.3) is 0 Å². The van der Waals surface area contributed by atoms with Gasteiger partial charge in [-0.3, -0.25) is 9.69 Å². The van der Waals surface area contributed by atoms with Crippen molar-refractivity contribution in [1.29, 1.82) is 0 Å². The van der Waals surface area contributed by atoms with E-state index < -0.39 is 5.54 Å². The number of benzene rings is 2. The Bertz CT molecular complexity index is 924. The Kier molecular flexibility index (Phi) is 4.84. The molecule has 3 amide bonds. The fourth-order valence-corrected chi connectivity index (χ4v) is 4.29. The number of hydrogen-bond donors (Lipinski definition) is 1. The summed E-state index contributed by atoms with van der Waals surface area (Å²) in [5.41, 5.74) is 3.33. The van der Waals surface area contributed by atoms with Crippen molar-refractivity contribution in [1.82, 2.24) is 10.2 Å². The highest BCUT2D eigenvalue weighted by Gasteiger charge is 2.53. The van der Waals surface area contributed by atoms with E-state index in [2.05, 4.69) is 11.4 Å². The van der Waals surface area contributed by atoms with E-state index in [9.17, 15) is 9.59 Å². The summed E-state index contributed by atoms with van der Waals surface area (Å²) in [4.78, 5) is 27.4. The molecule has 1 saturated heterocycles. The molecule has 1 aliphatic heterocycles. The number of hydrogen-bond acceptors (Lipinski definition) is 3. The Balaban J connectivity index is 1.52. The van der Waals surface area contributed by atoms with E-state index in [1.54, 1.807) is 0 Å². The van der Waals surface area contributed by atoms with Crippen LogP contribution >= 0.6 is 0 Å². The van der Waals surface area contributed by atoms with Gasteiger partial charge in [0.2, 0.25) is 0 Å². The number of ether oxygens (including phenoxy) is 1. The van der Waals surface area contributed by atoms with Crippen LogP contribution in [0.1, 0.15) is 41.5 Å². The molecule has 5 heteroatoms. The van der Waals surface area contributed by atoms with Crippen molar-refractivity contribution in [2.75, 3.05) is 13.2 Å². The Labute approximate surface area is 165 Å². The van der Waals surface area contributed by atoms with Crippen LogP contribution < -0.4 is 10.1 Å². The molecule has 0 aromatic heterocycles. The number of imide groups is 1. The van der Waals surface area contributed by atoms with Gasteiger partial charge in [0, 0.05) is 0 Å². The normalized spacial score (nSPS) is 21.4. The molecular formula is C23H26N2O3. The van der Waals surface area contributed by atoms with Gasteiger partial charge in [-0.05, 0) is 67.9 Å². The molecular weight excluding hydrogens is 352 g/mol. The van der Waals surface area contributed by atoms with E-state index in [0.717, 1.165) is 47.3 Å². The smallest absolute Gasteiger partial charge is 0.325 e. The first kappa shape index (κ1) is 18.5. The van der Waals surface area contributed by atoms with Gasteiger partial charge >= 0.3 is 6.03 Å². The fourth-order valence-electron chi connectivity index (χ4n) is 4.29. The molecule has 0 radical (unpaired) electrons. The Morgan fingerprint density at radius 3 is 2.79 bits per heavy atom. The molecule has 2 aromatic carbocycles. The molecule has 0 saturated carbocycles. The molecule has 1 fully saturated rings. The highest BCUT2D eigenvalue weighted by atomic mass is 16.5. The van der Waals surface area contributed by atoms with Crippen LogP contribution in [-0.4, -0.2) is 30.0 Å². The van der Waals surface area contributed by atoms with Gasteiger partial charge < -0.3 is 10.1 Å². The zero-order valence-corrected chi connectivity index (χ0v) is 16.5. The van der Waals surface area contributed by atoms with Crippen LogP contribution in [0, 0.1) is 13.8 Å². The summed E-state index contributed by atoms with van der Waals surface area (Å²) in [5.74, 6) is 0.637. The van der Waals surface area contributed by atoms with Crippen molar-refractivity contribution < 1.29 is 14.3 Å². The quantitative estimate of drug-likeness (QED) is 0.822. The van der Waals surface area contributed by atoms with E-state index in [-0.39, 0.29) is 25.1 Å². The zero-order chi connectivity index (χ0) is 19.7. The second kappa shape index (κ2) is 7.30. The number of nitrogens with zero attached hydrogens (tertiary/aromatic N) is 1. The molecule has 1 heterocycles. The minimum atomic E-state index is -0.927. The largest absolute Gasteiger partial charge is 0.491 e. The van der Waals surface area contributed by atoms with Crippen LogP contribution in [0.4, 0.5) is 4.79 Å². The Morgan fingerprint density at radius 2 is 1.93 bits per heavy atom. The first-order valence-electron chi connectivity index (χ1n) is 9.94. The summed E-state index contributed by atoms with van der Waals surface area (Å²) in [7, 11) is 0. The van der Waals surface area contributed by atoms with Crippen molar-refractivity contribution in [2.45, 2.75) is 45.1 Å². The van der Waals surface area contributed by atoms with Crippen LogP contribution in [0.3, 0.4) is 0 Å². The van der Waals surface area contributed by atoms with Crippen molar-refractivity contribution in [3.05, 3.63) is 64.7 Å². The second-order valence-electron chi connectivity index (χ2n) is 7.77. The van der Waals surface area contributed by atoms with Crippen LogP contribution in [0.2, 0.25) is 0 Å². The molecule has 1 spiro atoms. The molecule has 1 unspecified atom stereocenters. The lowest BCUT2D eigenvalue weighted by atomic mass is 9.84. The van der Waals surface area contributed by atoms with Gasteiger partial charge in [-0.2, -0.15) is 0 Å². The van der Waals surface area contributed by atoms with Crippen LogP contribution in [0.15, 0.2) is 42.5 Å². The molecule has 1 aliphatic carbocycles. The molecule has 2 aliphatic rings. The maximum Gasteiger partial charge on any atom is 0.325 e. The Morgan fingerprint density at radius 1 is 1.11 bits per heavy atom. The average Bonchev–Trinajstić information content (AvgIpc) is 2.82. The van der Waals surface area contributed by atoms with Gasteiger partial charge in [-0.1, -0.05) is 36.4 Å². The summed E-state index contributed by atoms with van der Waals surface area (Å²) >= 11 is 0. The highest BCUT2D eigenvalue weighted by molar-refractivity contribution is 6.07. The lowest BCUT2D eigenvalue weighted by Crippen LogP contribution is -2.44. The molecule has 1 atom stereocenters. The SMILES string of the molecule is Cc1ccc(C)c(OCCN2C(=O)NC3(CCCCc4ccccc43)C2=O)c1. The van der Waals surface area contributed by atoms with Crippen molar-refractivity contribution in [3.63, 3.8) is 0 Å². The summed E-state index contributed by atoms with van der Waals surface area (Å²) in [6.07, 6.45) is 3.52. The molecule has 0 bridgehead atoms. The molecule has 2 aromatic rings. The van der Waals surface area contributed by atoms with E-state index in [1.807, 2.05) is 50.2 Å². The van der Waals surface area contributed by atoms with Crippen molar-refractivity contribution >= 4 is 11.9 Å². The topological polar surface area (TPSA) is 58.6 Å². The monoisotopic (exact) mass is 378 g/mol. The van der Waals surface area contributed by atoms with Crippen molar-refractivity contribution in [3.8, 4) is 5.75 Å². The standard InChI is InChI=1S/C23H26N2O3/c1-16-10-11-17(2)20(15-16)28-14-13-25-21(26)23(24-22(25)27)12-6-5-8-18-7-3-4-9-19(18)23/h3-4,7,9-11,15H,5-6,8,12-14H2,1-2H3,(H,24,27). The first-order chi connectivity index (χ1) is 13.5. The number of carbonyl (C=O) groups is 2. The Hall–Kier alpha value is -2.82. The lowest BCUT2D eigenvalue weighted by Gasteiger charge is -2.27. The van der Waals surface area contributed by atoms with Crippen molar-refractivity contribution in [2.24, 2.45) is 0 Å². The van der Waals surface area contributed by atoms with E-state index in [1.165, 1.54) is 4.90 Å². The van der Waals surface area contributed by atoms with Crippen LogP contribution in [0.5, 0.6) is 5.75 Å². The number of rotatable bonds is 4. The summed E-state index contributed by atoms with van der Waals surface area (Å²) in [6, 6.07) is 13.7. The molecule has 5 nitrogen and oxygen atoms in total. The van der Waals surface area contributed by atoms with Gasteiger partial charge in [-0.25, -0.2) is 4.79 Å². The number of amides is 3. The summed E-state index contributed by atoms with van der Waals surface area (Å²) < 4.78 is 5.87. The first-order valence-corrected chi connectivity index (χ1v) is 9.94. The zero-order valence-electron chi connectivity index (χ0n) is 16.5. The van der Waals surface area contributed by atoms with E-state index in [4.69, 9.17) is 4.74 Å². The highest BCUT2D eigenvalue weighted by Crippen LogP contribution is 2.38. The van der Waals surface area contributed by atoms with Crippen LogP contribution in [-0.2, 0) is 16.8 Å².